The SMILES string of the molecule is O=C(NCc1csc(-c2cnccn2)n1)c1cc2sccc2[nH]1. The largest absolute Gasteiger partial charge is 0.350 e. The highest BCUT2D eigenvalue weighted by molar-refractivity contribution is 7.17. The Morgan fingerprint density at radius 1 is 1.30 bits per heavy atom. The summed E-state index contributed by atoms with van der Waals surface area (Å²) in [6, 6.07) is 3.83. The van der Waals surface area contributed by atoms with E-state index in [4.69, 9.17) is 0 Å². The first kappa shape index (κ1) is 14.0. The fraction of sp³-hybridized carbons (Fsp3) is 0.0667. The minimum Gasteiger partial charge on any atom is -0.350 e. The molecule has 0 saturated carbocycles. The van der Waals surface area contributed by atoms with Crippen LogP contribution in [0.3, 0.4) is 0 Å². The van der Waals surface area contributed by atoms with Gasteiger partial charge in [0.15, 0.2) is 0 Å². The monoisotopic (exact) mass is 341 g/mol. The van der Waals surface area contributed by atoms with Crippen molar-refractivity contribution in [3.63, 3.8) is 0 Å². The number of carbonyl (C=O) groups is 1. The zero-order valence-corrected chi connectivity index (χ0v) is 13.4. The Balaban J connectivity index is 1.44. The summed E-state index contributed by atoms with van der Waals surface area (Å²) in [5.74, 6) is -0.137. The second-order valence-corrected chi connectivity index (χ2v) is 6.60. The van der Waals surface area contributed by atoms with E-state index in [1.54, 1.807) is 29.9 Å². The third-order valence-electron chi connectivity index (χ3n) is 3.25. The zero-order chi connectivity index (χ0) is 15.6. The molecular formula is C15H11N5OS2. The van der Waals surface area contributed by atoms with E-state index >= 15 is 0 Å². The maximum Gasteiger partial charge on any atom is 0.268 e. The second kappa shape index (κ2) is 5.90. The Labute approximate surface area is 139 Å². The van der Waals surface area contributed by atoms with Gasteiger partial charge in [-0.15, -0.1) is 22.7 Å². The lowest BCUT2D eigenvalue weighted by molar-refractivity contribution is 0.0946. The molecule has 0 aliphatic heterocycles. The standard InChI is InChI=1S/C15H11N5OS2/c21-14(11-5-13-10(20-11)1-4-22-13)18-6-9-8-23-15(19-9)12-7-16-2-3-17-12/h1-5,7-8,20H,6H2,(H,18,21). The molecule has 4 heterocycles. The van der Waals surface area contributed by atoms with E-state index in [1.165, 1.54) is 11.3 Å². The highest BCUT2D eigenvalue weighted by Crippen LogP contribution is 2.22. The number of thiazole rings is 1. The van der Waals surface area contributed by atoms with Gasteiger partial charge in [-0.25, -0.2) is 4.98 Å². The number of thiophene rings is 1. The molecule has 2 N–H and O–H groups in total. The lowest BCUT2D eigenvalue weighted by Crippen LogP contribution is -2.23. The number of hydrogen-bond acceptors (Lipinski definition) is 6. The molecule has 0 aliphatic carbocycles. The van der Waals surface area contributed by atoms with E-state index in [1.807, 2.05) is 22.9 Å². The van der Waals surface area contributed by atoms with Crippen LogP contribution in [0.1, 0.15) is 16.2 Å². The number of hydrogen-bond donors (Lipinski definition) is 2. The molecule has 0 spiro atoms. The summed E-state index contributed by atoms with van der Waals surface area (Å²) >= 11 is 3.09. The number of nitrogens with zero attached hydrogens (tertiary/aromatic N) is 3. The summed E-state index contributed by atoms with van der Waals surface area (Å²) in [5.41, 5.74) is 3.09. The molecule has 0 aromatic carbocycles. The zero-order valence-electron chi connectivity index (χ0n) is 11.8. The quantitative estimate of drug-likeness (QED) is 0.597. The molecule has 0 radical (unpaired) electrons. The Morgan fingerprint density at radius 3 is 3.09 bits per heavy atom. The normalized spacial score (nSPS) is 11.0. The van der Waals surface area contributed by atoms with E-state index < -0.39 is 0 Å². The van der Waals surface area contributed by atoms with Crippen molar-refractivity contribution in [2.24, 2.45) is 0 Å². The number of amides is 1. The van der Waals surface area contributed by atoms with Crippen LogP contribution < -0.4 is 5.32 Å². The fourth-order valence-corrected chi connectivity index (χ4v) is 3.71. The molecule has 4 aromatic heterocycles. The van der Waals surface area contributed by atoms with Crippen LogP contribution in [0.4, 0.5) is 0 Å². The van der Waals surface area contributed by atoms with Crippen LogP contribution in [0.25, 0.3) is 20.9 Å². The van der Waals surface area contributed by atoms with Gasteiger partial charge in [0.1, 0.15) is 16.4 Å². The molecule has 114 valence electrons. The first-order valence-electron chi connectivity index (χ1n) is 6.85. The van der Waals surface area contributed by atoms with E-state index in [9.17, 15) is 4.79 Å². The van der Waals surface area contributed by atoms with E-state index in [-0.39, 0.29) is 5.91 Å². The van der Waals surface area contributed by atoms with E-state index in [2.05, 4.69) is 25.3 Å². The van der Waals surface area contributed by atoms with Gasteiger partial charge in [-0.1, -0.05) is 0 Å². The Bertz CT molecular complexity index is 928. The molecule has 0 unspecified atom stereocenters. The van der Waals surface area contributed by atoms with Crippen molar-refractivity contribution < 1.29 is 4.79 Å². The molecule has 0 atom stereocenters. The average Bonchev–Trinajstić information content (AvgIpc) is 3.29. The van der Waals surface area contributed by atoms with Crippen molar-refractivity contribution >= 4 is 38.8 Å². The van der Waals surface area contributed by atoms with E-state index in [0.29, 0.717) is 12.2 Å². The summed E-state index contributed by atoms with van der Waals surface area (Å²) in [6.07, 6.45) is 4.93. The summed E-state index contributed by atoms with van der Waals surface area (Å²) < 4.78 is 1.08. The predicted octanol–water partition coefficient (Wildman–Crippen LogP) is 3.07. The van der Waals surface area contributed by atoms with Gasteiger partial charge in [-0.05, 0) is 17.5 Å². The van der Waals surface area contributed by atoms with Crippen molar-refractivity contribution in [2.75, 3.05) is 0 Å². The van der Waals surface area contributed by atoms with Crippen molar-refractivity contribution in [2.45, 2.75) is 6.54 Å². The highest BCUT2D eigenvalue weighted by atomic mass is 32.1. The molecule has 0 bridgehead atoms. The molecule has 1 amide bonds. The lowest BCUT2D eigenvalue weighted by atomic mass is 10.4. The van der Waals surface area contributed by atoms with Crippen LogP contribution in [0.5, 0.6) is 0 Å². The Kier molecular flexibility index (Phi) is 3.60. The minimum absolute atomic E-state index is 0.137. The van der Waals surface area contributed by atoms with Gasteiger partial charge in [-0.2, -0.15) is 0 Å². The van der Waals surface area contributed by atoms with Gasteiger partial charge in [0.05, 0.1) is 28.7 Å². The highest BCUT2D eigenvalue weighted by Gasteiger charge is 2.11. The fourth-order valence-electron chi connectivity index (χ4n) is 2.15. The molecule has 4 aromatic rings. The number of rotatable bonds is 4. The van der Waals surface area contributed by atoms with Crippen LogP contribution in [0.2, 0.25) is 0 Å². The van der Waals surface area contributed by atoms with Crippen molar-refractivity contribution in [3.8, 4) is 10.7 Å². The summed E-state index contributed by atoms with van der Waals surface area (Å²) in [4.78, 5) is 28.0. The topological polar surface area (TPSA) is 83.6 Å². The molecule has 0 saturated heterocycles. The maximum atomic E-state index is 12.2. The molecular weight excluding hydrogens is 330 g/mol. The van der Waals surface area contributed by atoms with Gasteiger partial charge in [0, 0.05) is 17.8 Å². The lowest BCUT2D eigenvalue weighted by Gasteiger charge is -2.00. The van der Waals surface area contributed by atoms with Crippen molar-refractivity contribution in [1.29, 1.82) is 0 Å². The maximum absolute atomic E-state index is 12.2. The average molecular weight is 341 g/mol. The number of nitrogens with one attached hydrogen (secondary N) is 2. The van der Waals surface area contributed by atoms with Crippen LogP contribution in [0, 0.1) is 0 Å². The van der Waals surface area contributed by atoms with Crippen molar-refractivity contribution in [3.05, 3.63) is 52.9 Å². The van der Waals surface area contributed by atoms with Crippen LogP contribution in [0.15, 0.2) is 41.5 Å². The second-order valence-electron chi connectivity index (χ2n) is 4.80. The van der Waals surface area contributed by atoms with Crippen LogP contribution >= 0.6 is 22.7 Å². The Hall–Kier alpha value is -2.58. The number of carbonyl (C=O) groups excluding carboxylic acids is 1. The third kappa shape index (κ3) is 2.86. The molecule has 6 nitrogen and oxygen atoms in total. The molecule has 8 heteroatoms. The third-order valence-corrected chi connectivity index (χ3v) is 5.03. The first-order chi connectivity index (χ1) is 11.3. The van der Waals surface area contributed by atoms with Gasteiger partial charge >= 0.3 is 0 Å². The van der Waals surface area contributed by atoms with Gasteiger partial charge in [0.25, 0.3) is 5.91 Å². The smallest absolute Gasteiger partial charge is 0.268 e. The minimum atomic E-state index is -0.137. The van der Waals surface area contributed by atoms with E-state index in [0.717, 1.165) is 26.6 Å². The number of H-pyrrole nitrogens is 1. The molecule has 23 heavy (non-hydrogen) atoms. The summed E-state index contributed by atoms with van der Waals surface area (Å²) in [7, 11) is 0. The molecule has 0 aliphatic rings. The summed E-state index contributed by atoms with van der Waals surface area (Å²) in [6.45, 7) is 0.377. The predicted molar refractivity (Wildman–Crippen MR) is 90.5 cm³/mol. The van der Waals surface area contributed by atoms with Gasteiger partial charge in [0.2, 0.25) is 0 Å². The van der Waals surface area contributed by atoms with Gasteiger partial charge < -0.3 is 10.3 Å². The van der Waals surface area contributed by atoms with Crippen LogP contribution in [-0.2, 0) is 6.54 Å². The van der Waals surface area contributed by atoms with Crippen molar-refractivity contribution in [1.82, 2.24) is 25.3 Å². The molecule has 4 rings (SSSR count). The van der Waals surface area contributed by atoms with Gasteiger partial charge in [-0.3, -0.25) is 14.8 Å². The Morgan fingerprint density at radius 2 is 2.26 bits per heavy atom. The number of aromatic nitrogens is 4. The number of aromatic amines is 1. The first-order valence-corrected chi connectivity index (χ1v) is 8.61. The summed E-state index contributed by atoms with van der Waals surface area (Å²) in [5, 5.41) is 7.57. The molecule has 0 fully saturated rings. The van der Waals surface area contributed by atoms with Crippen LogP contribution in [-0.4, -0.2) is 25.8 Å². The number of fused-ring (bicyclic) bond motifs is 1.